The summed E-state index contributed by atoms with van der Waals surface area (Å²) in [5, 5.41) is 11.5. The van der Waals surface area contributed by atoms with E-state index in [9.17, 15) is 0 Å². The summed E-state index contributed by atoms with van der Waals surface area (Å²) in [6, 6.07) is 64.6. The van der Waals surface area contributed by atoms with Crippen LogP contribution < -0.4 is 5.32 Å². The quantitative estimate of drug-likeness (QED) is 0.191. The number of benzene rings is 9. The van der Waals surface area contributed by atoms with Gasteiger partial charge in [0, 0.05) is 22.5 Å². The van der Waals surface area contributed by atoms with Crippen LogP contribution in [-0.4, -0.2) is 0 Å². The summed E-state index contributed by atoms with van der Waals surface area (Å²) in [5.74, 6) is 0. The van der Waals surface area contributed by atoms with Crippen LogP contribution in [-0.2, 0) is 0 Å². The lowest BCUT2D eigenvalue weighted by Crippen LogP contribution is -2.02. The minimum Gasteiger partial charge on any atom is -0.355 e. The predicted molar refractivity (Wildman–Crippen MR) is 214 cm³/mol. The molecule has 0 unspecified atom stereocenters. The number of para-hydroxylation sites is 2. The Morgan fingerprint density at radius 2 is 0.680 bits per heavy atom. The van der Waals surface area contributed by atoms with Gasteiger partial charge in [0.15, 0.2) is 0 Å². The third-order valence-corrected chi connectivity index (χ3v) is 10.6. The fraction of sp³-hybridized carbons (Fsp3) is 0.0204. The third-order valence-electron chi connectivity index (χ3n) is 10.6. The smallest absolute Gasteiger partial charge is 0.0464 e. The lowest BCUT2D eigenvalue weighted by molar-refractivity contribution is 1.41. The van der Waals surface area contributed by atoms with E-state index >= 15 is 0 Å². The Hall–Kier alpha value is -6.44. The van der Waals surface area contributed by atoms with Crippen molar-refractivity contribution in [2.24, 2.45) is 0 Å². The van der Waals surface area contributed by atoms with Gasteiger partial charge < -0.3 is 5.32 Å². The summed E-state index contributed by atoms with van der Waals surface area (Å²) < 4.78 is 0. The summed E-state index contributed by atoms with van der Waals surface area (Å²) in [5.41, 5.74) is 15.8. The second-order valence-electron chi connectivity index (χ2n) is 13.4. The SMILES string of the molecule is Cc1c2cc(-c3cccc(-c4cccc(-c5ccc6c7ccccc7c7ccccc7c6c5)c4)c3)cc1-c1ccccc1Nc1ccccc1-2. The molecule has 0 aliphatic carbocycles. The number of hydrogen-bond donors (Lipinski definition) is 1. The standard InChI is InChI=1S/C49H33N/c1-31-45-29-37(30-46(31)44-21-7-9-23-49(44)50-48-22-8-6-20-43(45)48)35-15-11-13-33(27-35)32-12-10-14-34(26-32)36-24-25-42-40-18-3-2-16-38(40)39-17-4-5-19-41(39)47(42)28-36/h2-30,50H,1H3. The molecule has 50 heavy (non-hydrogen) atoms. The second kappa shape index (κ2) is 11.3. The van der Waals surface area contributed by atoms with Crippen molar-refractivity contribution in [3.05, 3.63) is 181 Å². The molecule has 2 bridgehead atoms. The van der Waals surface area contributed by atoms with Gasteiger partial charge in [0.1, 0.15) is 0 Å². The van der Waals surface area contributed by atoms with Crippen LogP contribution in [0.15, 0.2) is 176 Å². The Kier molecular flexibility index (Phi) is 6.47. The molecule has 1 heterocycles. The lowest BCUT2D eigenvalue weighted by atomic mass is 9.86. The molecule has 1 heteroatoms. The van der Waals surface area contributed by atoms with E-state index in [2.05, 4.69) is 188 Å². The molecule has 1 aliphatic rings. The molecular formula is C49H33N. The van der Waals surface area contributed by atoms with Crippen molar-refractivity contribution >= 4 is 43.7 Å². The highest BCUT2D eigenvalue weighted by Gasteiger charge is 2.20. The lowest BCUT2D eigenvalue weighted by Gasteiger charge is -2.24. The summed E-state index contributed by atoms with van der Waals surface area (Å²) >= 11 is 0. The first kappa shape index (κ1) is 28.6. The molecule has 1 aliphatic heterocycles. The fourth-order valence-electron chi connectivity index (χ4n) is 8.08. The molecule has 0 radical (unpaired) electrons. The molecule has 9 aromatic carbocycles. The molecule has 0 spiro atoms. The maximum Gasteiger partial charge on any atom is 0.0464 e. The molecule has 0 amide bonds. The van der Waals surface area contributed by atoms with Gasteiger partial charge in [-0.1, -0.05) is 133 Å². The highest BCUT2D eigenvalue weighted by Crippen LogP contribution is 2.45. The van der Waals surface area contributed by atoms with Gasteiger partial charge in [0.05, 0.1) is 0 Å². The van der Waals surface area contributed by atoms with Crippen molar-refractivity contribution in [2.75, 3.05) is 5.32 Å². The van der Waals surface area contributed by atoms with E-state index in [-0.39, 0.29) is 0 Å². The van der Waals surface area contributed by atoms with E-state index in [0.29, 0.717) is 0 Å². The maximum absolute atomic E-state index is 3.72. The van der Waals surface area contributed by atoms with Crippen LogP contribution in [0.2, 0.25) is 0 Å². The van der Waals surface area contributed by atoms with Crippen molar-refractivity contribution in [1.82, 2.24) is 0 Å². The van der Waals surface area contributed by atoms with E-state index in [1.165, 1.54) is 93.5 Å². The first-order chi connectivity index (χ1) is 24.7. The molecule has 0 atom stereocenters. The summed E-state index contributed by atoms with van der Waals surface area (Å²) in [6.45, 7) is 2.26. The Morgan fingerprint density at radius 3 is 1.20 bits per heavy atom. The average molecular weight is 636 g/mol. The van der Waals surface area contributed by atoms with Crippen LogP contribution in [0.1, 0.15) is 5.56 Å². The van der Waals surface area contributed by atoms with Crippen LogP contribution >= 0.6 is 0 Å². The molecule has 0 aromatic heterocycles. The number of fused-ring (bicyclic) bond motifs is 12. The Morgan fingerprint density at radius 1 is 0.280 bits per heavy atom. The molecule has 0 saturated carbocycles. The molecule has 1 nitrogen and oxygen atoms in total. The number of anilines is 2. The summed E-state index contributed by atoms with van der Waals surface area (Å²) in [7, 11) is 0. The highest BCUT2D eigenvalue weighted by atomic mass is 14.9. The molecule has 0 fully saturated rings. The first-order valence-corrected chi connectivity index (χ1v) is 17.3. The van der Waals surface area contributed by atoms with Crippen molar-refractivity contribution in [2.45, 2.75) is 6.92 Å². The van der Waals surface area contributed by atoms with Gasteiger partial charge in [-0.15, -0.1) is 0 Å². The van der Waals surface area contributed by atoms with Gasteiger partial charge in [-0.25, -0.2) is 0 Å². The topological polar surface area (TPSA) is 12.0 Å². The number of nitrogens with one attached hydrogen (secondary N) is 1. The molecule has 9 aromatic rings. The normalized spacial score (nSPS) is 11.9. The molecule has 10 rings (SSSR count). The zero-order valence-electron chi connectivity index (χ0n) is 27.7. The Bertz CT molecular complexity index is 2700. The van der Waals surface area contributed by atoms with E-state index in [4.69, 9.17) is 0 Å². The van der Waals surface area contributed by atoms with Crippen molar-refractivity contribution in [3.63, 3.8) is 0 Å². The van der Waals surface area contributed by atoms with Crippen LogP contribution in [0.3, 0.4) is 0 Å². The Balaban J connectivity index is 1.09. The second-order valence-corrected chi connectivity index (χ2v) is 13.4. The zero-order chi connectivity index (χ0) is 33.2. The van der Waals surface area contributed by atoms with Crippen LogP contribution in [0.25, 0.3) is 88.0 Å². The van der Waals surface area contributed by atoms with Crippen LogP contribution in [0.5, 0.6) is 0 Å². The Labute approximate surface area is 292 Å². The van der Waals surface area contributed by atoms with Crippen LogP contribution in [0.4, 0.5) is 11.4 Å². The number of rotatable bonds is 3. The van der Waals surface area contributed by atoms with Crippen molar-refractivity contribution in [3.8, 4) is 55.6 Å². The van der Waals surface area contributed by atoms with Crippen molar-refractivity contribution < 1.29 is 0 Å². The largest absolute Gasteiger partial charge is 0.355 e. The van der Waals surface area contributed by atoms with E-state index in [1.807, 2.05) is 0 Å². The van der Waals surface area contributed by atoms with E-state index in [1.54, 1.807) is 0 Å². The summed E-state index contributed by atoms with van der Waals surface area (Å²) in [6.07, 6.45) is 0. The zero-order valence-corrected chi connectivity index (χ0v) is 27.7. The monoisotopic (exact) mass is 635 g/mol. The van der Waals surface area contributed by atoms with Crippen molar-refractivity contribution in [1.29, 1.82) is 0 Å². The fourth-order valence-corrected chi connectivity index (χ4v) is 8.08. The average Bonchev–Trinajstić information content (AvgIpc) is 3.18. The third kappa shape index (κ3) is 4.55. The molecule has 0 saturated heterocycles. The predicted octanol–water partition coefficient (Wildman–Crippen LogP) is 13.8. The van der Waals surface area contributed by atoms with Gasteiger partial charge in [-0.3, -0.25) is 0 Å². The molecular weight excluding hydrogens is 603 g/mol. The summed E-state index contributed by atoms with van der Waals surface area (Å²) in [4.78, 5) is 0. The van der Waals surface area contributed by atoms with E-state index in [0.717, 1.165) is 11.4 Å². The van der Waals surface area contributed by atoms with Crippen LogP contribution in [0, 0.1) is 6.92 Å². The number of hydrogen-bond acceptors (Lipinski definition) is 1. The molecule has 1 N–H and O–H groups in total. The first-order valence-electron chi connectivity index (χ1n) is 17.3. The minimum atomic E-state index is 1.13. The van der Waals surface area contributed by atoms with Gasteiger partial charge in [0.25, 0.3) is 0 Å². The minimum absolute atomic E-state index is 1.13. The van der Waals surface area contributed by atoms with Gasteiger partial charge in [0.2, 0.25) is 0 Å². The highest BCUT2D eigenvalue weighted by molar-refractivity contribution is 6.25. The van der Waals surface area contributed by atoms with Gasteiger partial charge in [-0.05, 0) is 132 Å². The molecule has 234 valence electrons. The maximum atomic E-state index is 3.72. The van der Waals surface area contributed by atoms with Gasteiger partial charge >= 0.3 is 0 Å². The van der Waals surface area contributed by atoms with E-state index < -0.39 is 0 Å². The van der Waals surface area contributed by atoms with Gasteiger partial charge in [-0.2, -0.15) is 0 Å².